The first-order valence-corrected chi connectivity index (χ1v) is 9.48. The van der Waals surface area contributed by atoms with Crippen LogP contribution in [0.25, 0.3) is 6.08 Å². The maximum absolute atomic E-state index is 12.1. The Kier molecular flexibility index (Phi) is 6.53. The van der Waals surface area contributed by atoms with E-state index in [0.717, 1.165) is 18.4 Å². The summed E-state index contributed by atoms with van der Waals surface area (Å²) in [5.74, 6) is 0.190. The molecule has 2 rings (SSSR count). The Hall–Kier alpha value is -1.70. The van der Waals surface area contributed by atoms with Crippen molar-refractivity contribution in [1.82, 2.24) is 13.9 Å². The Labute approximate surface area is 144 Å². The van der Waals surface area contributed by atoms with E-state index in [9.17, 15) is 13.2 Å². The van der Waals surface area contributed by atoms with Crippen molar-refractivity contribution in [2.24, 2.45) is 5.92 Å². The van der Waals surface area contributed by atoms with Crippen molar-refractivity contribution in [3.05, 3.63) is 42.0 Å². The molecule has 1 heterocycles. The predicted octanol–water partition coefficient (Wildman–Crippen LogP) is 1.33. The highest BCUT2D eigenvalue weighted by atomic mass is 32.2. The average Bonchev–Trinajstić information content (AvgIpc) is 2.59. The molecular weight excluding hydrogens is 326 g/mol. The SMILES string of the molecule is CN(C)S(=O)(=O)N1CCC(CNC(=O)C=Cc2ccccc2)CC1. The number of nitrogens with one attached hydrogen (secondary N) is 1. The van der Waals surface area contributed by atoms with E-state index >= 15 is 0 Å². The highest BCUT2D eigenvalue weighted by Gasteiger charge is 2.29. The van der Waals surface area contributed by atoms with Crippen molar-refractivity contribution in [3.63, 3.8) is 0 Å². The smallest absolute Gasteiger partial charge is 0.281 e. The maximum Gasteiger partial charge on any atom is 0.281 e. The first-order valence-electron chi connectivity index (χ1n) is 8.08. The number of rotatable bonds is 6. The molecule has 0 aliphatic carbocycles. The molecule has 24 heavy (non-hydrogen) atoms. The number of benzene rings is 1. The molecule has 1 N–H and O–H groups in total. The number of hydrogen-bond acceptors (Lipinski definition) is 3. The Balaban J connectivity index is 1.75. The molecule has 1 aliphatic rings. The molecule has 0 atom stereocenters. The first kappa shape index (κ1) is 18.6. The quantitative estimate of drug-likeness (QED) is 0.786. The number of piperidine rings is 1. The van der Waals surface area contributed by atoms with Gasteiger partial charge in [-0.1, -0.05) is 30.3 Å². The van der Waals surface area contributed by atoms with Crippen LogP contribution in [0.5, 0.6) is 0 Å². The summed E-state index contributed by atoms with van der Waals surface area (Å²) in [4.78, 5) is 11.9. The molecule has 0 spiro atoms. The number of hydrogen-bond donors (Lipinski definition) is 1. The molecule has 1 fully saturated rings. The second-order valence-corrected chi connectivity index (χ2v) is 8.26. The third-order valence-corrected chi connectivity index (χ3v) is 6.09. The molecule has 7 heteroatoms. The van der Waals surface area contributed by atoms with Crippen molar-refractivity contribution in [1.29, 1.82) is 0 Å². The van der Waals surface area contributed by atoms with Crippen LogP contribution in [-0.4, -0.2) is 56.7 Å². The van der Waals surface area contributed by atoms with Gasteiger partial charge < -0.3 is 5.32 Å². The Bertz CT molecular complexity index is 664. The summed E-state index contributed by atoms with van der Waals surface area (Å²) in [6.45, 7) is 1.58. The van der Waals surface area contributed by atoms with E-state index in [2.05, 4.69) is 5.32 Å². The molecule has 1 aromatic carbocycles. The minimum atomic E-state index is -3.33. The maximum atomic E-state index is 12.1. The molecule has 132 valence electrons. The Morgan fingerprint density at radius 3 is 2.46 bits per heavy atom. The number of carbonyl (C=O) groups is 1. The van der Waals surface area contributed by atoms with Crippen LogP contribution in [0.1, 0.15) is 18.4 Å². The van der Waals surface area contributed by atoms with Gasteiger partial charge in [-0.15, -0.1) is 0 Å². The van der Waals surface area contributed by atoms with Crippen LogP contribution in [0.4, 0.5) is 0 Å². The summed E-state index contributed by atoms with van der Waals surface area (Å²) in [7, 11) is -0.241. The van der Waals surface area contributed by atoms with Gasteiger partial charge in [-0.2, -0.15) is 17.0 Å². The second-order valence-electron chi connectivity index (χ2n) is 6.12. The zero-order valence-electron chi connectivity index (χ0n) is 14.2. The third kappa shape index (κ3) is 5.15. The minimum Gasteiger partial charge on any atom is -0.352 e. The van der Waals surface area contributed by atoms with Crippen LogP contribution in [-0.2, 0) is 15.0 Å². The van der Waals surface area contributed by atoms with E-state index in [-0.39, 0.29) is 5.91 Å². The van der Waals surface area contributed by atoms with E-state index < -0.39 is 10.2 Å². The highest BCUT2D eigenvalue weighted by Crippen LogP contribution is 2.19. The molecule has 1 aliphatic heterocycles. The van der Waals surface area contributed by atoms with E-state index in [1.807, 2.05) is 30.3 Å². The van der Waals surface area contributed by atoms with Gasteiger partial charge in [0.05, 0.1) is 0 Å². The number of carbonyl (C=O) groups excluding carboxylic acids is 1. The largest absolute Gasteiger partial charge is 0.352 e. The van der Waals surface area contributed by atoms with E-state index in [1.54, 1.807) is 20.2 Å². The molecule has 1 saturated heterocycles. The van der Waals surface area contributed by atoms with Crippen molar-refractivity contribution in [2.45, 2.75) is 12.8 Å². The molecule has 1 aromatic rings. The van der Waals surface area contributed by atoms with Crippen molar-refractivity contribution in [2.75, 3.05) is 33.7 Å². The fourth-order valence-corrected chi connectivity index (χ4v) is 3.75. The molecule has 0 unspecified atom stereocenters. The summed E-state index contributed by atoms with van der Waals surface area (Å²) in [5.41, 5.74) is 0.981. The molecule has 0 saturated carbocycles. The normalized spacial score (nSPS) is 17.5. The predicted molar refractivity (Wildman–Crippen MR) is 95.4 cm³/mol. The monoisotopic (exact) mass is 351 g/mol. The van der Waals surface area contributed by atoms with Gasteiger partial charge in [-0.05, 0) is 30.4 Å². The number of nitrogens with zero attached hydrogens (tertiary/aromatic N) is 2. The van der Waals surface area contributed by atoms with Gasteiger partial charge in [0.1, 0.15) is 0 Å². The van der Waals surface area contributed by atoms with Crippen LogP contribution in [0.15, 0.2) is 36.4 Å². The van der Waals surface area contributed by atoms with E-state index in [1.165, 1.54) is 14.7 Å². The van der Waals surface area contributed by atoms with Crippen LogP contribution < -0.4 is 5.32 Å². The van der Waals surface area contributed by atoms with E-state index in [4.69, 9.17) is 0 Å². The van der Waals surface area contributed by atoms with Crippen LogP contribution >= 0.6 is 0 Å². The van der Waals surface area contributed by atoms with Gasteiger partial charge in [-0.3, -0.25) is 4.79 Å². The zero-order valence-corrected chi connectivity index (χ0v) is 15.0. The van der Waals surface area contributed by atoms with Crippen LogP contribution in [0.3, 0.4) is 0 Å². The van der Waals surface area contributed by atoms with Gasteiger partial charge in [0.25, 0.3) is 10.2 Å². The highest BCUT2D eigenvalue weighted by molar-refractivity contribution is 7.86. The average molecular weight is 351 g/mol. The molecule has 1 amide bonds. The molecule has 0 aromatic heterocycles. The summed E-state index contributed by atoms with van der Waals surface area (Å²) < 4.78 is 26.8. The summed E-state index contributed by atoms with van der Waals surface area (Å²) in [5, 5.41) is 2.89. The molecule has 6 nitrogen and oxygen atoms in total. The van der Waals surface area contributed by atoms with Crippen molar-refractivity contribution < 1.29 is 13.2 Å². The lowest BCUT2D eigenvalue weighted by Gasteiger charge is -2.32. The first-order chi connectivity index (χ1) is 11.4. The zero-order chi connectivity index (χ0) is 17.6. The molecule has 0 bridgehead atoms. The summed E-state index contributed by atoms with van der Waals surface area (Å²) in [6.07, 6.45) is 4.83. The third-order valence-electron chi connectivity index (χ3n) is 4.15. The van der Waals surface area contributed by atoms with Crippen molar-refractivity contribution >= 4 is 22.2 Å². The van der Waals surface area contributed by atoms with Crippen molar-refractivity contribution in [3.8, 4) is 0 Å². The van der Waals surface area contributed by atoms with Gasteiger partial charge in [-0.25, -0.2) is 0 Å². The van der Waals surface area contributed by atoms with Crippen LogP contribution in [0, 0.1) is 5.92 Å². The lowest BCUT2D eigenvalue weighted by atomic mass is 9.98. The number of amides is 1. The lowest BCUT2D eigenvalue weighted by molar-refractivity contribution is -0.116. The lowest BCUT2D eigenvalue weighted by Crippen LogP contribution is -2.45. The fourth-order valence-electron chi connectivity index (χ4n) is 2.61. The fraction of sp³-hybridized carbons (Fsp3) is 0.471. The Morgan fingerprint density at radius 2 is 1.88 bits per heavy atom. The van der Waals surface area contributed by atoms with Gasteiger partial charge in [0, 0.05) is 39.8 Å². The molecular formula is C17H25N3O3S. The topological polar surface area (TPSA) is 69.7 Å². The standard InChI is InChI=1S/C17H25N3O3S/c1-19(2)24(22,23)20-12-10-16(11-13-20)14-18-17(21)9-8-15-6-4-3-5-7-15/h3-9,16H,10-14H2,1-2H3,(H,18,21). The van der Waals surface area contributed by atoms with E-state index in [0.29, 0.717) is 25.6 Å². The summed E-state index contributed by atoms with van der Waals surface area (Å²) in [6, 6.07) is 9.65. The van der Waals surface area contributed by atoms with Crippen LogP contribution in [0.2, 0.25) is 0 Å². The Morgan fingerprint density at radius 1 is 1.25 bits per heavy atom. The van der Waals surface area contributed by atoms with Gasteiger partial charge in [0.2, 0.25) is 5.91 Å². The second kappa shape index (κ2) is 8.41. The summed E-state index contributed by atoms with van der Waals surface area (Å²) >= 11 is 0. The molecule has 0 radical (unpaired) electrons. The minimum absolute atomic E-state index is 0.123. The van der Waals surface area contributed by atoms with Gasteiger partial charge in [0.15, 0.2) is 0 Å². The van der Waals surface area contributed by atoms with Gasteiger partial charge >= 0.3 is 0 Å².